The second-order valence-electron chi connectivity index (χ2n) is 10.3. The van der Waals surface area contributed by atoms with Crippen molar-refractivity contribution in [3.8, 4) is 17.3 Å². The molecule has 2 saturated heterocycles. The molecule has 40 heavy (non-hydrogen) atoms. The standard InChI is InChI=1S/C29H29ClF3N5O2/c30-21-9-2-7-18-6-1-8-19(22(18)21)24-23(31)25-20(16-35-24)26(34-12-5-15-39-27(32)33)37-28(36-25)40-17-29-10-3-13-38(29)14-4-11-29/h1-2,6-9,16,27H,3-5,10-15,17H2,(H,34,36,37). The number of alkyl halides is 2. The van der Waals surface area contributed by atoms with Gasteiger partial charge in [-0.15, -0.1) is 0 Å². The van der Waals surface area contributed by atoms with Crippen molar-refractivity contribution in [3.63, 3.8) is 0 Å². The predicted octanol–water partition coefficient (Wildman–Crippen LogP) is 6.69. The third-order valence-corrected chi connectivity index (χ3v) is 8.23. The Morgan fingerprint density at radius 1 is 1.07 bits per heavy atom. The van der Waals surface area contributed by atoms with Crippen LogP contribution in [0.3, 0.4) is 0 Å². The van der Waals surface area contributed by atoms with Gasteiger partial charge in [0, 0.05) is 28.7 Å². The molecule has 0 amide bonds. The van der Waals surface area contributed by atoms with Gasteiger partial charge in [-0.3, -0.25) is 9.88 Å². The van der Waals surface area contributed by atoms with E-state index >= 15 is 4.39 Å². The fourth-order valence-electron chi connectivity index (χ4n) is 6.03. The van der Waals surface area contributed by atoms with Crippen LogP contribution in [-0.2, 0) is 4.74 Å². The predicted molar refractivity (Wildman–Crippen MR) is 149 cm³/mol. The second-order valence-corrected chi connectivity index (χ2v) is 10.7. The molecule has 6 rings (SSSR count). The van der Waals surface area contributed by atoms with Crippen molar-refractivity contribution in [2.24, 2.45) is 0 Å². The summed E-state index contributed by atoms with van der Waals surface area (Å²) >= 11 is 6.52. The lowest BCUT2D eigenvalue weighted by molar-refractivity contribution is -0.128. The Hall–Kier alpha value is -3.21. The molecule has 4 aromatic rings. The summed E-state index contributed by atoms with van der Waals surface area (Å²) in [6.07, 6.45) is 6.13. The zero-order valence-electron chi connectivity index (χ0n) is 21.8. The van der Waals surface area contributed by atoms with Gasteiger partial charge in [-0.05, 0) is 56.6 Å². The van der Waals surface area contributed by atoms with Crippen molar-refractivity contribution in [1.29, 1.82) is 0 Å². The van der Waals surface area contributed by atoms with Crippen molar-refractivity contribution in [3.05, 3.63) is 53.4 Å². The summed E-state index contributed by atoms with van der Waals surface area (Å²) in [5.41, 5.74) is 0.676. The van der Waals surface area contributed by atoms with Crippen LogP contribution >= 0.6 is 11.6 Å². The molecule has 0 spiro atoms. The number of aromatic nitrogens is 3. The van der Waals surface area contributed by atoms with Crippen LogP contribution in [0.4, 0.5) is 19.0 Å². The van der Waals surface area contributed by atoms with E-state index in [1.54, 1.807) is 12.1 Å². The molecule has 0 aliphatic carbocycles. The number of hydrogen-bond acceptors (Lipinski definition) is 7. The highest BCUT2D eigenvalue weighted by molar-refractivity contribution is 6.36. The van der Waals surface area contributed by atoms with E-state index < -0.39 is 12.4 Å². The van der Waals surface area contributed by atoms with Gasteiger partial charge >= 0.3 is 12.6 Å². The Balaban J connectivity index is 1.37. The molecule has 1 N–H and O–H groups in total. The topological polar surface area (TPSA) is 72.4 Å². The smallest absolute Gasteiger partial charge is 0.345 e. The van der Waals surface area contributed by atoms with E-state index in [0.717, 1.165) is 44.2 Å². The lowest BCUT2D eigenvalue weighted by Gasteiger charge is -2.31. The Labute approximate surface area is 234 Å². The second kappa shape index (κ2) is 11.3. The van der Waals surface area contributed by atoms with Crippen molar-refractivity contribution >= 4 is 39.1 Å². The Morgan fingerprint density at radius 3 is 2.62 bits per heavy atom. The van der Waals surface area contributed by atoms with Crippen LogP contribution in [0, 0.1) is 5.82 Å². The largest absolute Gasteiger partial charge is 0.461 e. The highest BCUT2D eigenvalue weighted by atomic mass is 35.5. The lowest BCUT2D eigenvalue weighted by atomic mass is 9.95. The average molecular weight is 572 g/mol. The van der Waals surface area contributed by atoms with Gasteiger partial charge in [-0.2, -0.15) is 18.7 Å². The Morgan fingerprint density at radius 2 is 1.85 bits per heavy atom. The summed E-state index contributed by atoms with van der Waals surface area (Å²) in [7, 11) is 0. The molecule has 0 unspecified atom stereocenters. The zero-order chi connectivity index (χ0) is 27.7. The van der Waals surface area contributed by atoms with E-state index in [0.29, 0.717) is 40.2 Å². The number of benzene rings is 2. The fourth-order valence-corrected chi connectivity index (χ4v) is 6.31. The van der Waals surface area contributed by atoms with Crippen molar-refractivity contribution in [2.45, 2.75) is 44.3 Å². The van der Waals surface area contributed by atoms with Crippen LogP contribution in [-0.4, -0.2) is 64.9 Å². The number of rotatable bonds is 10. The Bertz CT molecular complexity index is 1520. The number of ether oxygens (including phenoxy) is 2. The molecule has 0 bridgehead atoms. The van der Waals surface area contributed by atoms with E-state index in [2.05, 4.69) is 29.9 Å². The third-order valence-electron chi connectivity index (χ3n) is 7.91. The maximum absolute atomic E-state index is 16.3. The zero-order valence-corrected chi connectivity index (χ0v) is 22.6. The van der Waals surface area contributed by atoms with Crippen LogP contribution in [0.15, 0.2) is 42.6 Å². The van der Waals surface area contributed by atoms with Gasteiger partial charge < -0.3 is 14.8 Å². The highest BCUT2D eigenvalue weighted by Crippen LogP contribution is 2.40. The van der Waals surface area contributed by atoms with Gasteiger partial charge in [0.2, 0.25) is 0 Å². The normalized spacial score (nSPS) is 16.7. The summed E-state index contributed by atoms with van der Waals surface area (Å²) in [5, 5.41) is 5.52. The quantitative estimate of drug-likeness (QED) is 0.213. The Kier molecular flexibility index (Phi) is 7.65. The van der Waals surface area contributed by atoms with Crippen LogP contribution in [0.2, 0.25) is 5.02 Å². The molecule has 0 saturated carbocycles. The van der Waals surface area contributed by atoms with Crippen LogP contribution < -0.4 is 10.1 Å². The third kappa shape index (κ3) is 5.15. The van der Waals surface area contributed by atoms with Gasteiger partial charge in [-0.25, -0.2) is 4.39 Å². The van der Waals surface area contributed by atoms with E-state index in [4.69, 9.17) is 16.3 Å². The average Bonchev–Trinajstić information content (AvgIpc) is 3.53. The number of halogens is 4. The summed E-state index contributed by atoms with van der Waals surface area (Å²) in [6, 6.07) is 11.1. The molecule has 11 heteroatoms. The first kappa shape index (κ1) is 27.0. The monoisotopic (exact) mass is 571 g/mol. The molecular weight excluding hydrogens is 543 g/mol. The molecule has 0 radical (unpaired) electrons. The maximum Gasteiger partial charge on any atom is 0.345 e. The molecule has 210 valence electrons. The van der Waals surface area contributed by atoms with Gasteiger partial charge in [0.1, 0.15) is 23.6 Å². The minimum Gasteiger partial charge on any atom is -0.461 e. The molecular formula is C29H29ClF3N5O2. The van der Waals surface area contributed by atoms with E-state index in [-0.39, 0.29) is 35.9 Å². The first-order chi connectivity index (χ1) is 19.4. The van der Waals surface area contributed by atoms with Crippen molar-refractivity contribution in [1.82, 2.24) is 19.9 Å². The van der Waals surface area contributed by atoms with Crippen LogP contribution in [0.25, 0.3) is 32.9 Å². The van der Waals surface area contributed by atoms with E-state index in [1.165, 1.54) is 6.20 Å². The van der Waals surface area contributed by atoms with Crippen molar-refractivity contribution < 1.29 is 22.6 Å². The number of nitrogens with one attached hydrogen (secondary N) is 1. The summed E-state index contributed by atoms with van der Waals surface area (Å²) in [5.74, 6) is -0.305. The summed E-state index contributed by atoms with van der Waals surface area (Å²) < 4.78 is 51.5. The molecule has 0 atom stereocenters. The van der Waals surface area contributed by atoms with Gasteiger partial charge in [0.25, 0.3) is 0 Å². The number of hydrogen-bond donors (Lipinski definition) is 1. The van der Waals surface area contributed by atoms with E-state index in [9.17, 15) is 8.78 Å². The number of nitrogens with zero attached hydrogens (tertiary/aromatic N) is 4. The molecule has 2 fully saturated rings. The molecule has 7 nitrogen and oxygen atoms in total. The van der Waals surface area contributed by atoms with Crippen molar-refractivity contribution in [2.75, 3.05) is 38.2 Å². The van der Waals surface area contributed by atoms with Crippen LogP contribution in [0.5, 0.6) is 6.01 Å². The molecule has 2 aliphatic heterocycles. The van der Waals surface area contributed by atoms with Gasteiger partial charge in [0.15, 0.2) is 5.82 Å². The summed E-state index contributed by atoms with van der Waals surface area (Å²) in [6.45, 7) is -0.172. The first-order valence-corrected chi connectivity index (χ1v) is 13.9. The lowest BCUT2D eigenvalue weighted by Crippen LogP contribution is -2.43. The molecule has 4 heterocycles. The van der Waals surface area contributed by atoms with Gasteiger partial charge in [0.05, 0.1) is 17.5 Å². The first-order valence-electron chi connectivity index (χ1n) is 13.5. The number of anilines is 1. The SMILES string of the molecule is Fc1c(-c2cccc3cccc(Cl)c23)ncc2c(NCCCOC(F)F)nc(OCC34CCCN3CCC4)nc12. The minimum atomic E-state index is -2.83. The maximum atomic E-state index is 16.3. The van der Waals surface area contributed by atoms with E-state index in [1.807, 2.05) is 24.3 Å². The fraction of sp³-hybridized carbons (Fsp3) is 0.414. The van der Waals surface area contributed by atoms with Crippen LogP contribution in [0.1, 0.15) is 32.1 Å². The number of fused-ring (bicyclic) bond motifs is 3. The van der Waals surface area contributed by atoms with Gasteiger partial charge in [-0.1, -0.05) is 41.9 Å². The highest BCUT2D eigenvalue weighted by Gasteiger charge is 2.45. The molecule has 2 aliphatic rings. The minimum absolute atomic E-state index is 0.0415. The number of pyridine rings is 1. The summed E-state index contributed by atoms with van der Waals surface area (Å²) in [4.78, 5) is 15.9. The molecule has 2 aromatic carbocycles. The molecule has 2 aromatic heterocycles.